The zero-order chi connectivity index (χ0) is 25.4. The fraction of sp³-hybridized carbons (Fsp3) is 0.300. The number of carboxylic acid groups (broad SMARTS) is 2. The van der Waals surface area contributed by atoms with Crippen molar-refractivity contribution >= 4 is 44.9 Å². The van der Waals surface area contributed by atoms with E-state index in [0.717, 1.165) is 12.8 Å². The summed E-state index contributed by atoms with van der Waals surface area (Å²) < 4.78 is 59.1. The molecule has 0 aliphatic carbocycles. The maximum atomic E-state index is 12.5. The van der Waals surface area contributed by atoms with Gasteiger partial charge < -0.3 is 15.1 Å². The van der Waals surface area contributed by atoms with Gasteiger partial charge in [0.1, 0.15) is 4.90 Å². The van der Waals surface area contributed by atoms with E-state index in [4.69, 9.17) is 21.5 Å². The van der Waals surface area contributed by atoms with Gasteiger partial charge in [0, 0.05) is 19.3 Å². The van der Waals surface area contributed by atoms with Crippen molar-refractivity contribution in [3.63, 3.8) is 0 Å². The second kappa shape index (κ2) is 11.8. The summed E-state index contributed by atoms with van der Waals surface area (Å²) in [6.45, 7) is 2.76. The largest absolute Gasteiger partial charge is 0.490 e. The van der Waals surface area contributed by atoms with Crippen LogP contribution in [0.25, 0.3) is 0 Å². The van der Waals surface area contributed by atoms with Gasteiger partial charge in [-0.1, -0.05) is 37.1 Å². The van der Waals surface area contributed by atoms with Gasteiger partial charge in [0.05, 0.1) is 16.3 Å². The molecule has 0 bridgehead atoms. The maximum absolute atomic E-state index is 12.5. The van der Waals surface area contributed by atoms with Crippen LogP contribution in [0.2, 0.25) is 5.02 Å². The number of carboxylic acids is 2. The van der Waals surface area contributed by atoms with Gasteiger partial charge in [0.2, 0.25) is 0 Å². The summed E-state index contributed by atoms with van der Waals surface area (Å²) in [5, 5.41) is 16.7. The summed E-state index contributed by atoms with van der Waals surface area (Å²) in [5.41, 5.74) is 0.726. The Labute approximate surface area is 193 Å². The molecule has 33 heavy (non-hydrogen) atoms. The molecule has 13 heteroatoms. The normalized spacial score (nSPS) is 11.2. The predicted molar refractivity (Wildman–Crippen MR) is 118 cm³/mol. The number of nitrogens with one attached hydrogen (secondary N) is 1. The van der Waals surface area contributed by atoms with Crippen LogP contribution in [0.15, 0.2) is 47.4 Å². The molecule has 2 aromatic carbocycles. The molecule has 0 saturated carbocycles. The lowest BCUT2D eigenvalue weighted by Gasteiger charge is -2.21. The Morgan fingerprint density at radius 2 is 1.70 bits per heavy atom. The number of anilines is 2. The minimum atomic E-state index is -5.08. The highest BCUT2D eigenvalue weighted by molar-refractivity contribution is 7.92. The quantitative estimate of drug-likeness (QED) is 0.470. The topological polar surface area (TPSA) is 124 Å². The molecule has 0 heterocycles. The molecule has 3 N–H and O–H groups in total. The van der Waals surface area contributed by atoms with Crippen LogP contribution in [-0.4, -0.2) is 50.3 Å². The van der Waals surface area contributed by atoms with Crippen LogP contribution in [0.5, 0.6) is 0 Å². The van der Waals surface area contributed by atoms with E-state index in [9.17, 15) is 31.5 Å². The molecule has 0 saturated heterocycles. The number of rotatable bonds is 8. The highest BCUT2D eigenvalue weighted by atomic mass is 35.5. The van der Waals surface area contributed by atoms with Crippen molar-refractivity contribution in [2.75, 3.05) is 23.2 Å². The molecular weight excluding hydrogens is 489 g/mol. The molecule has 0 amide bonds. The lowest BCUT2D eigenvalue weighted by Crippen LogP contribution is -2.21. The second-order valence-corrected chi connectivity index (χ2v) is 8.71. The average Bonchev–Trinajstić information content (AvgIpc) is 2.71. The number of hydrogen-bond donors (Lipinski definition) is 3. The molecule has 0 spiro atoms. The van der Waals surface area contributed by atoms with Crippen LogP contribution in [-0.2, 0) is 14.8 Å². The summed E-state index contributed by atoms with van der Waals surface area (Å²) in [6, 6.07) is 10.5. The smallest absolute Gasteiger partial charge is 0.478 e. The molecule has 0 aromatic heterocycles. The van der Waals surface area contributed by atoms with E-state index in [1.807, 2.05) is 11.9 Å². The van der Waals surface area contributed by atoms with Gasteiger partial charge in [-0.05, 0) is 36.8 Å². The Bertz CT molecular complexity index is 1090. The van der Waals surface area contributed by atoms with Crippen molar-refractivity contribution in [2.24, 2.45) is 0 Å². The Kier molecular flexibility index (Phi) is 9.99. The van der Waals surface area contributed by atoms with E-state index in [0.29, 0.717) is 12.2 Å². The number of halogens is 4. The molecule has 0 aliphatic heterocycles. The highest BCUT2D eigenvalue weighted by Crippen LogP contribution is 2.27. The Hall–Kier alpha value is -2.99. The van der Waals surface area contributed by atoms with Gasteiger partial charge in [0.25, 0.3) is 10.0 Å². The van der Waals surface area contributed by atoms with Crippen molar-refractivity contribution in [2.45, 2.75) is 30.8 Å². The van der Waals surface area contributed by atoms with Gasteiger partial charge in [-0.25, -0.2) is 18.0 Å². The molecule has 2 rings (SSSR count). The first kappa shape index (κ1) is 28.0. The SMILES string of the molecule is CCCCN(C)c1ccc(NS(=O)(=O)c2ccccc2Cl)cc1C(=O)O.O=C(O)C(F)(F)F. The summed E-state index contributed by atoms with van der Waals surface area (Å²) in [5.74, 6) is -3.88. The summed E-state index contributed by atoms with van der Waals surface area (Å²) >= 11 is 5.95. The lowest BCUT2D eigenvalue weighted by atomic mass is 10.1. The molecular formula is C20H22ClF3N2O6S. The molecule has 0 radical (unpaired) electrons. The van der Waals surface area contributed by atoms with Crippen LogP contribution >= 0.6 is 11.6 Å². The van der Waals surface area contributed by atoms with E-state index in [1.165, 1.54) is 18.2 Å². The monoisotopic (exact) mass is 510 g/mol. The number of aliphatic carboxylic acids is 1. The zero-order valence-electron chi connectivity index (χ0n) is 17.6. The Balaban J connectivity index is 0.000000675. The van der Waals surface area contributed by atoms with Crippen LogP contribution in [0.4, 0.5) is 24.5 Å². The van der Waals surface area contributed by atoms with Gasteiger partial charge in [-0.15, -0.1) is 0 Å². The third-order valence-electron chi connectivity index (χ3n) is 4.11. The maximum Gasteiger partial charge on any atom is 0.490 e. The van der Waals surface area contributed by atoms with E-state index >= 15 is 0 Å². The highest BCUT2D eigenvalue weighted by Gasteiger charge is 2.38. The van der Waals surface area contributed by atoms with Gasteiger partial charge in [0.15, 0.2) is 0 Å². The van der Waals surface area contributed by atoms with Crippen LogP contribution in [0, 0.1) is 0 Å². The number of hydrogen-bond acceptors (Lipinski definition) is 5. The Morgan fingerprint density at radius 1 is 1.12 bits per heavy atom. The van der Waals surface area contributed by atoms with Crippen molar-refractivity contribution in [3.05, 3.63) is 53.1 Å². The molecule has 0 aliphatic rings. The van der Waals surface area contributed by atoms with Crippen molar-refractivity contribution in [3.8, 4) is 0 Å². The number of alkyl halides is 3. The molecule has 182 valence electrons. The van der Waals surface area contributed by atoms with E-state index in [1.54, 1.807) is 24.3 Å². The van der Waals surface area contributed by atoms with E-state index < -0.39 is 28.1 Å². The summed E-state index contributed by atoms with van der Waals surface area (Å²) in [7, 11) is -2.11. The molecule has 0 unspecified atom stereocenters. The van der Waals surface area contributed by atoms with Crippen molar-refractivity contribution in [1.82, 2.24) is 0 Å². The molecule has 2 aromatic rings. The minimum absolute atomic E-state index is 0.0305. The molecule has 0 fully saturated rings. The summed E-state index contributed by atoms with van der Waals surface area (Å²) in [6.07, 6.45) is -3.17. The number of unbranched alkanes of at least 4 members (excludes halogenated alkanes) is 1. The first-order chi connectivity index (χ1) is 15.2. The number of carbonyl (C=O) groups is 2. The first-order valence-corrected chi connectivity index (χ1v) is 11.2. The molecule has 0 atom stereocenters. The second-order valence-electron chi connectivity index (χ2n) is 6.65. The van der Waals surface area contributed by atoms with Crippen molar-refractivity contribution < 1.29 is 41.4 Å². The third kappa shape index (κ3) is 8.46. The van der Waals surface area contributed by atoms with Gasteiger partial charge in [-0.2, -0.15) is 13.2 Å². The first-order valence-electron chi connectivity index (χ1n) is 9.36. The molecule has 8 nitrogen and oxygen atoms in total. The van der Waals surface area contributed by atoms with Gasteiger partial charge in [-0.3, -0.25) is 4.72 Å². The van der Waals surface area contributed by atoms with E-state index in [-0.39, 0.29) is 21.2 Å². The number of sulfonamides is 1. The zero-order valence-corrected chi connectivity index (χ0v) is 19.1. The van der Waals surface area contributed by atoms with Crippen LogP contribution in [0.3, 0.4) is 0 Å². The predicted octanol–water partition coefficient (Wildman–Crippen LogP) is 4.71. The van der Waals surface area contributed by atoms with Crippen molar-refractivity contribution in [1.29, 1.82) is 0 Å². The van der Waals surface area contributed by atoms with E-state index in [2.05, 4.69) is 11.6 Å². The number of benzene rings is 2. The minimum Gasteiger partial charge on any atom is -0.478 e. The fourth-order valence-electron chi connectivity index (χ4n) is 2.49. The number of aromatic carboxylic acids is 1. The third-order valence-corrected chi connectivity index (χ3v) is 5.99. The fourth-order valence-corrected chi connectivity index (χ4v) is 4.06. The summed E-state index contributed by atoms with van der Waals surface area (Å²) in [4.78, 5) is 22.3. The Morgan fingerprint density at radius 3 is 2.18 bits per heavy atom. The standard InChI is InChI=1S/C18H21ClN2O4S.C2HF3O2/c1-3-4-11-21(2)16-10-9-13(12-14(16)18(22)23)20-26(24,25)17-8-6-5-7-15(17)19;3-2(4,5)1(6)7/h5-10,12,20H,3-4,11H2,1-2H3,(H,22,23);(H,6,7). The lowest BCUT2D eigenvalue weighted by molar-refractivity contribution is -0.192. The van der Waals surface area contributed by atoms with Gasteiger partial charge >= 0.3 is 18.1 Å². The number of nitrogens with zero attached hydrogens (tertiary/aromatic N) is 1. The average molecular weight is 511 g/mol. The van der Waals surface area contributed by atoms with Crippen LogP contribution < -0.4 is 9.62 Å². The van der Waals surface area contributed by atoms with Crippen LogP contribution in [0.1, 0.15) is 30.1 Å².